The van der Waals surface area contributed by atoms with Crippen LogP contribution in [-0.4, -0.2) is 40.1 Å². The fraction of sp³-hybridized carbons (Fsp3) is 0.375. The van der Waals surface area contributed by atoms with Crippen LogP contribution in [0.2, 0.25) is 5.02 Å². The number of carbonyl (C=O) groups is 3. The largest absolute Gasteiger partial charge is 0.324 e. The molecule has 1 spiro atoms. The zero-order valence-electron chi connectivity index (χ0n) is 18.5. The monoisotopic (exact) mass is 480 g/mol. The van der Waals surface area contributed by atoms with Crippen LogP contribution in [0.5, 0.6) is 0 Å². The summed E-state index contributed by atoms with van der Waals surface area (Å²) in [6, 6.07) is 7.32. The summed E-state index contributed by atoms with van der Waals surface area (Å²) in [5.41, 5.74) is 1.42. The number of anilines is 2. The molecular formula is C24H21ClN4O5. The van der Waals surface area contributed by atoms with Gasteiger partial charge in [-0.25, -0.2) is 4.90 Å². The summed E-state index contributed by atoms with van der Waals surface area (Å²) >= 11 is 6.40. The zero-order chi connectivity index (χ0) is 24.1. The Balaban J connectivity index is 1.54. The lowest BCUT2D eigenvalue weighted by Gasteiger charge is -2.36. The minimum atomic E-state index is -1.31. The molecule has 4 heterocycles. The van der Waals surface area contributed by atoms with E-state index in [4.69, 9.17) is 11.6 Å². The van der Waals surface area contributed by atoms with Crippen LogP contribution in [0.1, 0.15) is 29.5 Å². The molecule has 6 rings (SSSR count). The van der Waals surface area contributed by atoms with Gasteiger partial charge in [0.25, 0.3) is 5.69 Å². The summed E-state index contributed by atoms with van der Waals surface area (Å²) in [5, 5.41) is 14.6. The fourth-order valence-electron chi connectivity index (χ4n) is 6.68. The standard InChI is InChI=1S/C24H21ClN4O5/c1-11-9-14(29(33)34)5-6-16(11)28-21(30)18-17-4-3-7-27(17)24(19(18)22(28)31)15-10-13(25)8-12(2)20(15)26-23(24)32/h5-6,8-10,17-19H,3-4,7H2,1-2H3,(H,26,32)/t17-,18-,19-,24+/m0/s1. The van der Waals surface area contributed by atoms with E-state index >= 15 is 0 Å². The highest BCUT2D eigenvalue weighted by Crippen LogP contribution is 2.61. The molecule has 3 fully saturated rings. The SMILES string of the molecule is Cc1cc([N+](=O)[O-])ccc1N1C(=O)[C@@H]2[C@@H](C1=O)[C@]1(C(=O)Nc3c(C)cc(Cl)cc31)N1CCC[C@@H]21. The molecule has 0 saturated carbocycles. The van der Waals surface area contributed by atoms with Crippen molar-refractivity contribution in [2.75, 3.05) is 16.8 Å². The molecule has 2 aromatic rings. The van der Waals surface area contributed by atoms with Gasteiger partial charge in [-0.3, -0.25) is 29.4 Å². The van der Waals surface area contributed by atoms with Crippen molar-refractivity contribution in [2.24, 2.45) is 11.8 Å². The number of aryl methyl sites for hydroxylation is 2. The average Bonchev–Trinajstić information content (AvgIpc) is 3.48. The quantitative estimate of drug-likeness (QED) is 0.401. The Morgan fingerprint density at radius 3 is 2.59 bits per heavy atom. The third kappa shape index (κ3) is 2.40. The van der Waals surface area contributed by atoms with Crippen molar-refractivity contribution in [1.29, 1.82) is 0 Å². The highest BCUT2D eigenvalue weighted by molar-refractivity contribution is 6.31. The fourth-order valence-corrected chi connectivity index (χ4v) is 6.95. The maximum absolute atomic E-state index is 14.0. The minimum Gasteiger partial charge on any atom is -0.324 e. The van der Waals surface area contributed by atoms with E-state index in [-0.39, 0.29) is 23.5 Å². The Bertz CT molecular complexity index is 1340. The molecule has 0 bridgehead atoms. The number of nitro groups is 1. The van der Waals surface area contributed by atoms with Gasteiger partial charge in [0.15, 0.2) is 0 Å². The summed E-state index contributed by atoms with van der Waals surface area (Å²) in [5.74, 6) is -2.71. The molecule has 9 nitrogen and oxygen atoms in total. The van der Waals surface area contributed by atoms with Crippen molar-refractivity contribution in [3.05, 3.63) is 62.2 Å². The van der Waals surface area contributed by atoms with E-state index in [1.165, 1.54) is 18.2 Å². The second-order valence-corrected chi connectivity index (χ2v) is 9.95. The van der Waals surface area contributed by atoms with Crippen molar-refractivity contribution < 1.29 is 19.3 Å². The summed E-state index contributed by atoms with van der Waals surface area (Å²) in [6.07, 6.45) is 1.52. The smallest absolute Gasteiger partial charge is 0.269 e. The van der Waals surface area contributed by atoms with Crippen LogP contribution < -0.4 is 10.2 Å². The molecule has 4 aliphatic rings. The van der Waals surface area contributed by atoms with E-state index in [0.29, 0.717) is 40.5 Å². The van der Waals surface area contributed by atoms with E-state index in [1.54, 1.807) is 19.1 Å². The molecule has 4 atom stereocenters. The van der Waals surface area contributed by atoms with Gasteiger partial charge in [-0.05, 0) is 62.6 Å². The number of hydrogen-bond acceptors (Lipinski definition) is 6. The van der Waals surface area contributed by atoms with E-state index in [9.17, 15) is 24.5 Å². The van der Waals surface area contributed by atoms with E-state index in [0.717, 1.165) is 16.9 Å². The predicted molar refractivity (Wildman–Crippen MR) is 124 cm³/mol. The predicted octanol–water partition coefficient (Wildman–Crippen LogP) is 3.30. The van der Waals surface area contributed by atoms with Gasteiger partial charge in [0, 0.05) is 34.4 Å². The first-order valence-corrected chi connectivity index (χ1v) is 11.6. The van der Waals surface area contributed by atoms with E-state index in [1.807, 2.05) is 11.8 Å². The molecule has 2 aromatic carbocycles. The Morgan fingerprint density at radius 2 is 1.88 bits per heavy atom. The number of imide groups is 1. The molecule has 10 heteroatoms. The molecule has 3 amide bonds. The summed E-state index contributed by atoms with van der Waals surface area (Å²) in [4.78, 5) is 55.4. The molecule has 1 N–H and O–H groups in total. The Hall–Kier alpha value is -3.30. The molecule has 34 heavy (non-hydrogen) atoms. The Kier molecular flexibility index (Phi) is 4.29. The Morgan fingerprint density at radius 1 is 1.12 bits per heavy atom. The van der Waals surface area contributed by atoms with Crippen LogP contribution in [0.4, 0.5) is 17.1 Å². The topological polar surface area (TPSA) is 113 Å². The first-order valence-electron chi connectivity index (χ1n) is 11.2. The van der Waals surface area contributed by atoms with Crippen molar-refractivity contribution in [2.45, 2.75) is 38.3 Å². The van der Waals surface area contributed by atoms with Crippen LogP contribution in [0.25, 0.3) is 0 Å². The normalized spacial score (nSPS) is 29.6. The lowest BCUT2D eigenvalue weighted by Crippen LogP contribution is -2.54. The van der Waals surface area contributed by atoms with Crippen LogP contribution >= 0.6 is 11.6 Å². The molecular weight excluding hydrogens is 460 g/mol. The lowest BCUT2D eigenvalue weighted by atomic mass is 9.75. The van der Waals surface area contributed by atoms with Crippen LogP contribution in [0.3, 0.4) is 0 Å². The number of rotatable bonds is 2. The average molecular weight is 481 g/mol. The highest BCUT2D eigenvalue weighted by Gasteiger charge is 2.74. The van der Waals surface area contributed by atoms with Gasteiger partial charge in [-0.1, -0.05) is 11.6 Å². The summed E-state index contributed by atoms with van der Waals surface area (Å²) in [6.45, 7) is 4.09. The molecule has 3 saturated heterocycles. The summed E-state index contributed by atoms with van der Waals surface area (Å²) < 4.78 is 0. The molecule has 174 valence electrons. The number of amides is 3. The minimum absolute atomic E-state index is 0.117. The first-order chi connectivity index (χ1) is 16.2. The number of carbonyl (C=O) groups excluding carboxylic acids is 3. The van der Waals surface area contributed by atoms with E-state index < -0.39 is 28.2 Å². The van der Waals surface area contributed by atoms with Crippen LogP contribution in [0, 0.1) is 35.8 Å². The number of hydrogen-bond donors (Lipinski definition) is 1. The second-order valence-electron chi connectivity index (χ2n) is 9.51. The number of halogens is 1. The van der Waals surface area contributed by atoms with Crippen molar-refractivity contribution in [3.63, 3.8) is 0 Å². The van der Waals surface area contributed by atoms with Crippen molar-refractivity contribution in [1.82, 2.24) is 4.90 Å². The number of nitrogens with one attached hydrogen (secondary N) is 1. The maximum atomic E-state index is 14.0. The third-order valence-electron chi connectivity index (χ3n) is 7.90. The van der Waals surface area contributed by atoms with Gasteiger partial charge in [-0.15, -0.1) is 0 Å². The van der Waals surface area contributed by atoms with Gasteiger partial charge in [-0.2, -0.15) is 0 Å². The van der Waals surface area contributed by atoms with Gasteiger partial charge in [0.1, 0.15) is 5.54 Å². The highest BCUT2D eigenvalue weighted by atomic mass is 35.5. The van der Waals surface area contributed by atoms with Crippen molar-refractivity contribution in [3.8, 4) is 0 Å². The van der Waals surface area contributed by atoms with Gasteiger partial charge in [0.05, 0.1) is 22.4 Å². The molecule has 0 radical (unpaired) electrons. The number of fused-ring (bicyclic) bond motifs is 7. The van der Waals surface area contributed by atoms with Gasteiger partial charge < -0.3 is 5.32 Å². The van der Waals surface area contributed by atoms with E-state index in [2.05, 4.69) is 5.32 Å². The van der Waals surface area contributed by atoms with Crippen LogP contribution in [0.15, 0.2) is 30.3 Å². The third-order valence-corrected chi connectivity index (χ3v) is 8.11. The summed E-state index contributed by atoms with van der Waals surface area (Å²) in [7, 11) is 0. The molecule has 0 unspecified atom stereocenters. The maximum Gasteiger partial charge on any atom is 0.269 e. The second kappa shape index (κ2) is 6.86. The Labute approximate surface area is 199 Å². The lowest BCUT2D eigenvalue weighted by molar-refractivity contribution is -0.384. The number of nitrogens with zero attached hydrogens (tertiary/aromatic N) is 3. The number of non-ortho nitro benzene ring substituents is 1. The van der Waals surface area contributed by atoms with Gasteiger partial charge in [0.2, 0.25) is 17.7 Å². The zero-order valence-corrected chi connectivity index (χ0v) is 19.3. The van der Waals surface area contributed by atoms with Gasteiger partial charge >= 0.3 is 0 Å². The van der Waals surface area contributed by atoms with Crippen LogP contribution in [-0.2, 0) is 19.9 Å². The van der Waals surface area contributed by atoms with Crippen molar-refractivity contribution >= 4 is 46.4 Å². The molecule has 0 aliphatic carbocycles. The molecule has 4 aliphatic heterocycles. The molecule has 0 aromatic heterocycles. The number of nitro benzene ring substituents is 1. The number of benzene rings is 2. The first kappa shape index (κ1) is 21.2.